The maximum atomic E-state index is 14.7. The highest BCUT2D eigenvalue weighted by atomic mass is 19.1. The summed E-state index contributed by atoms with van der Waals surface area (Å²) in [6, 6.07) is 8.96. The lowest BCUT2D eigenvalue weighted by molar-refractivity contribution is -0.143. The van der Waals surface area contributed by atoms with Crippen LogP contribution in [0.1, 0.15) is 44.2 Å². The number of amides is 1. The van der Waals surface area contributed by atoms with E-state index >= 15 is 0 Å². The lowest BCUT2D eigenvalue weighted by Gasteiger charge is -2.56. The maximum Gasteiger partial charge on any atom is 0.233 e. The van der Waals surface area contributed by atoms with Gasteiger partial charge in [-0.15, -0.1) is 0 Å². The first-order valence-electron chi connectivity index (χ1n) is 10.2. The molecule has 4 bridgehead atoms. The third kappa shape index (κ3) is 3.01. The van der Waals surface area contributed by atoms with Crippen LogP contribution in [-0.4, -0.2) is 10.9 Å². The van der Waals surface area contributed by atoms with Crippen LogP contribution in [0.25, 0.3) is 0 Å². The summed E-state index contributed by atoms with van der Waals surface area (Å²) in [7, 11) is 0. The monoisotopic (exact) mass is 382 g/mol. The average molecular weight is 382 g/mol. The summed E-state index contributed by atoms with van der Waals surface area (Å²) in [5, 5.41) is 0. The van der Waals surface area contributed by atoms with Crippen LogP contribution in [-0.2, 0) is 11.3 Å². The zero-order chi connectivity index (χ0) is 19.3. The number of nitrogens with zero attached hydrogens (tertiary/aromatic N) is 2. The fraction of sp³-hybridized carbons (Fsp3) is 0.478. The van der Waals surface area contributed by atoms with E-state index in [1.54, 1.807) is 6.20 Å². The van der Waals surface area contributed by atoms with E-state index in [4.69, 9.17) is 0 Å². The molecule has 0 unspecified atom stereocenters. The molecule has 4 aliphatic rings. The van der Waals surface area contributed by atoms with Crippen molar-refractivity contribution in [1.29, 1.82) is 0 Å². The molecular weight excluding hydrogens is 358 g/mol. The largest absolute Gasteiger partial charge is 0.303 e. The number of carbonyl (C=O) groups is 1. The molecule has 6 rings (SSSR count). The van der Waals surface area contributed by atoms with E-state index < -0.39 is 17.0 Å². The van der Waals surface area contributed by atoms with Gasteiger partial charge in [-0.3, -0.25) is 9.78 Å². The first-order chi connectivity index (χ1) is 13.5. The Bertz CT molecular complexity index is 863. The summed E-state index contributed by atoms with van der Waals surface area (Å²) >= 11 is 0. The highest BCUT2D eigenvalue weighted by Gasteiger charge is 2.55. The first-order valence-corrected chi connectivity index (χ1v) is 10.2. The van der Waals surface area contributed by atoms with Crippen LogP contribution < -0.4 is 4.90 Å². The zero-order valence-electron chi connectivity index (χ0n) is 15.8. The Hall–Kier alpha value is -2.30. The molecule has 1 aromatic carbocycles. The summed E-state index contributed by atoms with van der Waals surface area (Å²) in [6.07, 6.45) is 8.08. The minimum atomic E-state index is -0.700. The van der Waals surface area contributed by atoms with Gasteiger partial charge in [0.2, 0.25) is 5.91 Å². The van der Waals surface area contributed by atoms with Crippen molar-refractivity contribution in [3.05, 3.63) is 59.9 Å². The van der Waals surface area contributed by atoms with Crippen LogP contribution in [0.3, 0.4) is 0 Å². The molecule has 0 N–H and O–H groups in total. The number of aromatic nitrogens is 1. The van der Waals surface area contributed by atoms with Gasteiger partial charge in [0.05, 0.1) is 23.3 Å². The standard InChI is InChI=1S/C23H24F2N2O/c24-18-4-5-21(20(25)10-18)27(14-19-3-1-2-6-26-19)22(28)23-11-15-7-16(12-23)9-17(8-15)13-23/h1-6,10,15-17H,7-9,11-14H2. The van der Waals surface area contributed by atoms with Gasteiger partial charge in [-0.2, -0.15) is 0 Å². The maximum absolute atomic E-state index is 14.7. The van der Waals surface area contributed by atoms with E-state index in [9.17, 15) is 13.6 Å². The average Bonchev–Trinajstić information content (AvgIpc) is 2.66. The van der Waals surface area contributed by atoms with Crippen molar-refractivity contribution >= 4 is 11.6 Å². The molecule has 2 aromatic rings. The van der Waals surface area contributed by atoms with Crippen molar-refractivity contribution in [3.8, 4) is 0 Å². The topological polar surface area (TPSA) is 33.2 Å². The number of hydrogen-bond donors (Lipinski definition) is 0. The molecular formula is C23H24F2N2O. The molecule has 28 heavy (non-hydrogen) atoms. The van der Waals surface area contributed by atoms with Crippen molar-refractivity contribution in [3.63, 3.8) is 0 Å². The van der Waals surface area contributed by atoms with Crippen molar-refractivity contribution in [2.75, 3.05) is 4.90 Å². The van der Waals surface area contributed by atoms with Crippen LogP contribution >= 0.6 is 0 Å². The Morgan fingerprint density at radius 3 is 2.29 bits per heavy atom. The van der Waals surface area contributed by atoms with E-state index in [-0.39, 0.29) is 18.1 Å². The second-order valence-corrected chi connectivity index (χ2v) is 9.01. The van der Waals surface area contributed by atoms with Crippen LogP contribution in [0.5, 0.6) is 0 Å². The summed E-state index contributed by atoms with van der Waals surface area (Å²) in [4.78, 5) is 19.7. The summed E-state index contributed by atoms with van der Waals surface area (Å²) in [6.45, 7) is 0.198. The normalized spacial score (nSPS) is 30.4. The molecule has 4 aliphatic carbocycles. The lowest BCUT2D eigenvalue weighted by Crippen LogP contribution is -2.54. The van der Waals surface area contributed by atoms with Gasteiger partial charge in [0.15, 0.2) is 0 Å². The fourth-order valence-corrected chi connectivity index (χ4v) is 6.28. The van der Waals surface area contributed by atoms with Crippen LogP contribution in [0, 0.1) is 34.8 Å². The highest BCUT2D eigenvalue weighted by Crippen LogP contribution is 2.60. The van der Waals surface area contributed by atoms with Gasteiger partial charge in [0.25, 0.3) is 0 Å². The lowest BCUT2D eigenvalue weighted by atomic mass is 9.49. The summed E-state index contributed by atoms with van der Waals surface area (Å²) in [5.41, 5.74) is 0.446. The van der Waals surface area contributed by atoms with E-state index in [2.05, 4.69) is 4.98 Å². The predicted octanol–water partition coefficient (Wildman–Crippen LogP) is 5.11. The van der Waals surface area contributed by atoms with Gasteiger partial charge in [0, 0.05) is 12.3 Å². The molecule has 0 aliphatic heterocycles. The quantitative estimate of drug-likeness (QED) is 0.736. The van der Waals surface area contributed by atoms with Gasteiger partial charge in [-0.1, -0.05) is 6.07 Å². The second-order valence-electron chi connectivity index (χ2n) is 9.01. The minimum absolute atomic E-state index is 0.0113. The Kier molecular flexibility index (Phi) is 4.22. The molecule has 1 heterocycles. The van der Waals surface area contributed by atoms with Crippen molar-refractivity contribution < 1.29 is 13.6 Å². The molecule has 0 saturated heterocycles. The van der Waals surface area contributed by atoms with E-state index in [1.807, 2.05) is 18.2 Å². The fourth-order valence-electron chi connectivity index (χ4n) is 6.28. The number of rotatable bonds is 4. The Morgan fingerprint density at radius 1 is 1.04 bits per heavy atom. The zero-order valence-corrected chi connectivity index (χ0v) is 15.8. The van der Waals surface area contributed by atoms with Crippen molar-refractivity contribution in [2.24, 2.45) is 23.2 Å². The number of anilines is 1. The second kappa shape index (κ2) is 6.64. The summed E-state index contributed by atoms with van der Waals surface area (Å²) in [5.74, 6) is 0.498. The van der Waals surface area contributed by atoms with Crippen molar-refractivity contribution in [2.45, 2.75) is 45.1 Å². The molecule has 146 valence electrons. The summed E-state index contributed by atoms with van der Waals surface area (Å²) < 4.78 is 28.2. The molecule has 0 radical (unpaired) electrons. The number of benzene rings is 1. The first kappa shape index (κ1) is 17.8. The molecule has 4 saturated carbocycles. The number of carbonyl (C=O) groups excluding carboxylic acids is 1. The van der Waals surface area contributed by atoms with Gasteiger partial charge in [-0.25, -0.2) is 8.78 Å². The van der Waals surface area contributed by atoms with Gasteiger partial charge >= 0.3 is 0 Å². The van der Waals surface area contributed by atoms with E-state index in [0.29, 0.717) is 23.4 Å². The molecule has 1 amide bonds. The molecule has 4 fully saturated rings. The molecule has 0 atom stereocenters. The molecule has 5 heteroatoms. The number of pyridine rings is 1. The SMILES string of the molecule is O=C(N(Cc1ccccn1)c1ccc(F)cc1F)C12CC3CC(CC(C3)C1)C2. The third-order valence-corrected chi connectivity index (χ3v) is 6.98. The van der Waals surface area contributed by atoms with Crippen LogP contribution in [0.2, 0.25) is 0 Å². The van der Waals surface area contributed by atoms with Gasteiger partial charge in [0.1, 0.15) is 11.6 Å². The molecule has 0 spiro atoms. The smallest absolute Gasteiger partial charge is 0.233 e. The predicted molar refractivity (Wildman–Crippen MR) is 102 cm³/mol. The third-order valence-electron chi connectivity index (χ3n) is 6.98. The van der Waals surface area contributed by atoms with E-state index in [1.165, 1.54) is 36.3 Å². The highest BCUT2D eigenvalue weighted by molar-refractivity contribution is 5.98. The Balaban J connectivity index is 1.53. The Morgan fingerprint density at radius 2 is 1.71 bits per heavy atom. The van der Waals surface area contributed by atoms with Crippen LogP contribution in [0.15, 0.2) is 42.6 Å². The van der Waals surface area contributed by atoms with Gasteiger partial charge in [-0.05, 0) is 80.5 Å². The minimum Gasteiger partial charge on any atom is -0.303 e. The van der Waals surface area contributed by atoms with E-state index in [0.717, 1.165) is 25.3 Å². The number of hydrogen-bond acceptors (Lipinski definition) is 2. The number of halogens is 2. The van der Waals surface area contributed by atoms with Gasteiger partial charge < -0.3 is 4.90 Å². The Labute approximate surface area is 163 Å². The van der Waals surface area contributed by atoms with Crippen LogP contribution in [0.4, 0.5) is 14.5 Å². The molecule has 3 nitrogen and oxygen atoms in total. The van der Waals surface area contributed by atoms with Crippen molar-refractivity contribution in [1.82, 2.24) is 4.98 Å². The molecule has 1 aromatic heterocycles.